The van der Waals surface area contributed by atoms with Crippen molar-refractivity contribution in [1.82, 2.24) is 5.32 Å². The highest BCUT2D eigenvalue weighted by Gasteiger charge is 2.76. The second-order valence-corrected chi connectivity index (χ2v) is 2.65. The zero-order chi connectivity index (χ0) is 13.2. The van der Waals surface area contributed by atoms with Gasteiger partial charge in [-0.15, -0.1) is 6.58 Å². The largest absolute Gasteiger partial charge is 0.460 e. The Balaban J connectivity index is 5.03. The van der Waals surface area contributed by atoms with E-state index in [1.807, 2.05) is 0 Å². The fourth-order valence-electron chi connectivity index (χ4n) is 0.596. The number of halogens is 7. The molecule has 0 aromatic rings. The Morgan fingerprint density at radius 2 is 1.56 bits per heavy atom. The van der Waals surface area contributed by atoms with Gasteiger partial charge in [-0.2, -0.15) is 30.7 Å². The molecule has 2 nitrogen and oxygen atoms in total. The number of carbonyl (C=O) groups is 1. The summed E-state index contributed by atoms with van der Waals surface area (Å²) in [5.74, 6) is -15.0. The SMILES string of the molecule is C=CCNC(=O)C(F)(F)C(F)(F)C(F)(F)F. The second kappa shape index (κ2) is 4.30. The first-order valence-electron chi connectivity index (χ1n) is 3.70. The van der Waals surface area contributed by atoms with Crippen LogP contribution in [-0.4, -0.2) is 30.5 Å². The van der Waals surface area contributed by atoms with Crippen molar-refractivity contribution >= 4 is 5.91 Å². The van der Waals surface area contributed by atoms with Crippen molar-refractivity contribution < 1.29 is 35.5 Å². The lowest BCUT2D eigenvalue weighted by molar-refractivity contribution is -0.344. The second-order valence-electron chi connectivity index (χ2n) is 2.65. The molecule has 0 saturated heterocycles. The molecule has 0 heterocycles. The van der Waals surface area contributed by atoms with E-state index >= 15 is 0 Å². The number of hydrogen-bond donors (Lipinski definition) is 1. The van der Waals surface area contributed by atoms with Gasteiger partial charge in [0.05, 0.1) is 0 Å². The van der Waals surface area contributed by atoms with Crippen LogP contribution in [0.15, 0.2) is 12.7 Å². The van der Waals surface area contributed by atoms with Crippen LogP contribution in [-0.2, 0) is 4.79 Å². The van der Waals surface area contributed by atoms with Crippen molar-refractivity contribution in [2.24, 2.45) is 0 Å². The molecule has 0 fully saturated rings. The summed E-state index contributed by atoms with van der Waals surface area (Å²) in [6, 6.07) is 0. The molecular weight excluding hydrogens is 247 g/mol. The van der Waals surface area contributed by atoms with E-state index in [1.165, 1.54) is 0 Å². The molecule has 0 radical (unpaired) electrons. The van der Waals surface area contributed by atoms with Gasteiger partial charge in [0.1, 0.15) is 0 Å². The summed E-state index contributed by atoms with van der Waals surface area (Å²) < 4.78 is 84.2. The van der Waals surface area contributed by atoms with Gasteiger partial charge in [-0.3, -0.25) is 4.79 Å². The average Bonchev–Trinajstić information content (AvgIpc) is 2.11. The van der Waals surface area contributed by atoms with Crippen molar-refractivity contribution in [3.8, 4) is 0 Å². The molecule has 0 aromatic heterocycles. The summed E-state index contributed by atoms with van der Waals surface area (Å²) in [6.45, 7) is 2.31. The van der Waals surface area contributed by atoms with E-state index < -0.39 is 30.5 Å². The summed E-state index contributed by atoms with van der Waals surface area (Å²) in [6.07, 6.45) is -5.66. The first-order chi connectivity index (χ1) is 6.98. The first-order valence-corrected chi connectivity index (χ1v) is 3.70. The Kier molecular flexibility index (Phi) is 3.96. The minimum atomic E-state index is -6.51. The van der Waals surface area contributed by atoms with Crippen LogP contribution < -0.4 is 5.32 Å². The van der Waals surface area contributed by atoms with E-state index in [0.29, 0.717) is 0 Å². The molecule has 0 aliphatic heterocycles. The van der Waals surface area contributed by atoms with Crippen molar-refractivity contribution in [3.63, 3.8) is 0 Å². The van der Waals surface area contributed by atoms with E-state index in [4.69, 9.17) is 0 Å². The highest BCUT2D eigenvalue weighted by Crippen LogP contribution is 2.46. The molecule has 0 bridgehead atoms. The predicted molar refractivity (Wildman–Crippen MR) is 39.2 cm³/mol. The Bertz CT molecular complexity index is 283. The number of alkyl halides is 7. The molecule has 0 atom stereocenters. The van der Waals surface area contributed by atoms with Crippen molar-refractivity contribution in [1.29, 1.82) is 0 Å². The van der Waals surface area contributed by atoms with Crippen molar-refractivity contribution in [3.05, 3.63) is 12.7 Å². The molecule has 94 valence electrons. The zero-order valence-corrected chi connectivity index (χ0v) is 7.55. The number of nitrogens with one attached hydrogen (secondary N) is 1. The van der Waals surface area contributed by atoms with Gasteiger partial charge in [0, 0.05) is 6.54 Å². The quantitative estimate of drug-likeness (QED) is 0.603. The highest BCUT2D eigenvalue weighted by molar-refractivity contribution is 5.84. The average molecular weight is 253 g/mol. The van der Waals surface area contributed by atoms with Gasteiger partial charge in [-0.1, -0.05) is 6.08 Å². The fraction of sp³-hybridized carbons (Fsp3) is 0.571. The fourth-order valence-corrected chi connectivity index (χ4v) is 0.596. The third-order valence-electron chi connectivity index (χ3n) is 1.44. The summed E-state index contributed by atoms with van der Waals surface area (Å²) in [4.78, 5) is 10.4. The monoisotopic (exact) mass is 253 g/mol. The van der Waals surface area contributed by atoms with Crippen LogP contribution in [0.5, 0.6) is 0 Å². The molecule has 16 heavy (non-hydrogen) atoms. The van der Waals surface area contributed by atoms with Gasteiger partial charge >= 0.3 is 18.0 Å². The lowest BCUT2D eigenvalue weighted by Gasteiger charge is -2.26. The maximum Gasteiger partial charge on any atom is 0.460 e. The molecule has 0 saturated carbocycles. The molecule has 1 amide bonds. The Morgan fingerprint density at radius 3 is 1.88 bits per heavy atom. The molecule has 0 aromatic carbocycles. The smallest absolute Gasteiger partial charge is 0.347 e. The molecular formula is C7H6F7NO. The van der Waals surface area contributed by atoms with Gasteiger partial charge in [0.25, 0.3) is 5.91 Å². The van der Waals surface area contributed by atoms with Crippen LogP contribution in [0.4, 0.5) is 30.7 Å². The molecule has 0 aliphatic rings. The Hall–Kier alpha value is -1.28. The van der Waals surface area contributed by atoms with Gasteiger partial charge in [0.2, 0.25) is 0 Å². The van der Waals surface area contributed by atoms with Gasteiger partial charge in [-0.05, 0) is 0 Å². The third kappa shape index (κ3) is 2.45. The minimum Gasteiger partial charge on any atom is -0.347 e. The third-order valence-corrected chi connectivity index (χ3v) is 1.44. The number of rotatable bonds is 4. The van der Waals surface area contributed by atoms with E-state index in [2.05, 4.69) is 6.58 Å². The molecule has 9 heteroatoms. The number of hydrogen-bond acceptors (Lipinski definition) is 1. The zero-order valence-electron chi connectivity index (χ0n) is 7.55. The number of amides is 1. The van der Waals surface area contributed by atoms with Crippen LogP contribution in [0.25, 0.3) is 0 Å². The van der Waals surface area contributed by atoms with Gasteiger partial charge in [0.15, 0.2) is 0 Å². The number of carbonyl (C=O) groups excluding carboxylic acids is 1. The molecule has 0 rings (SSSR count). The predicted octanol–water partition coefficient (Wildman–Crippen LogP) is 2.12. The molecule has 0 unspecified atom stereocenters. The summed E-state index contributed by atoms with van der Waals surface area (Å²) in [5, 5.41) is 1.16. The van der Waals surface area contributed by atoms with Crippen molar-refractivity contribution in [2.75, 3.05) is 6.54 Å². The molecule has 0 aliphatic carbocycles. The van der Waals surface area contributed by atoms with Crippen LogP contribution in [0.3, 0.4) is 0 Å². The standard InChI is InChI=1S/C7H6F7NO/c1-2-3-15-4(16)5(8,9)6(10,11)7(12,13)14/h2H,1,3H2,(H,15,16). The first kappa shape index (κ1) is 14.7. The summed E-state index contributed by atoms with van der Waals surface area (Å²) in [5.41, 5.74) is 0. The topological polar surface area (TPSA) is 29.1 Å². The van der Waals surface area contributed by atoms with Crippen LogP contribution in [0, 0.1) is 0 Å². The van der Waals surface area contributed by atoms with E-state index in [0.717, 1.165) is 11.4 Å². The minimum absolute atomic E-state index is 0.650. The molecule has 0 spiro atoms. The maximum absolute atomic E-state index is 12.5. The van der Waals surface area contributed by atoms with Crippen LogP contribution >= 0.6 is 0 Å². The Morgan fingerprint density at radius 1 is 1.12 bits per heavy atom. The van der Waals surface area contributed by atoms with E-state index in [1.54, 1.807) is 0 Å². The lowest BCUT2D eigenvalue weighted by atomic mass is 10.1. The maximum atomic E-state index is 12.5. The van der Waals surface area contributed by atoms with Gasteiger partial charge in [-0.25, -0.2) is 0 Å². The summed E-state index contributed by atoms with van der Waals surface area (Å²) >= 11 is 0. The molecule has 1 N–H and O–H groups in total. The van der Waals surface area contributed by atoms with E-state index in [9.17, 15) is 35.5 Å². The lowest BCUT2D eigenvalue weighted by Crippen LogP contribution is -2.59. The van der Waals surface area contributed by atoms with Crippen molar-refractivity contribution in [2.45, 2.75) is 18.0 Å². The summed E-state index contributed by atoms with van der Waals surface area (Å²) in [7, 11) is 0. The normalized spacial score (nSPS) is 13.4. The van der Waals surface area contributed by atoms with Crippen LogP contribution in [0.1, 0.15) is 0 Å². The van der Waals surface area contributed by atoms with Crippen LogP contribution in [0.2, 0.25) is 0 Å². The highest BCUT2D eigenvalue weighted by atomic mass is 19.4. The van der Waals surface area contributed by atoms with Gasteiger partial charge < -0.3 is 5.32 Å². The van der Waals surface area contributed by atoms with E-state index in [-0.39, 0.29) is 0 Å². The Labute approximate surface area is 85.1 Å².